The summed E-state index contributed by atoms with van der Waals surface area (Å²) in [6.45, 7) is 5.81. The fraction of sp³-hybridized carbons (Fsp3) is 0.320. The van der Waals surface area contributed by atoms with Crippen molar-refractivity contribution in [1.29, 1.82) is 0 Å². The quantitative estimate of drug-likeness (QED) is 0.444. The highest BCUT2D eigenvalue weighted by atomic mass is 16.2. The van der Waals surface area contributed by atoms with Gasteiger partial charge in [-0.25, -0.2) is 9.50 Å². The number of nitrogens with two attached hydrogens (primary N) is 1. The fourth-order valence-corrected chi connectivity index (χ4v) is 4.43. The van der Waals surface area contributed by atoms with Crippen molar-refractivity contribution in [2.45, 2.75) is 26.3 Å². The second kappa shape index (κ2) is 8.86. The number of allylic oxidation sites excluding steroid dienone is 1. The number of hydrogen-bond acceptors (Lipinski definition) is 7. The van der Waals surface area contributed by atoms with Crippen molar-refractivity contribution >= 4 is 34.6 Å². The molecule has 1 fully saturated rings. The summed E-state index contributed by atoms with van der Waals surface area (Å²) in [5, 5.41) is 4.34. The Labute approximate surface area is 203 Å². The van der Waals surface area contributed by atoms with Crippen LogP contribution in [0.5, 0.6) is 0 Å². The van der Waals surface area contributed by atoms with E-state index in [1.807, 2.05) is 38.4 Å². The summed E-state index contributed by atoms with van der Waals surface area (Å²) in [7, 11) is 3.66. The van der Waals surface area contributed by atoms with E-state index in [-0.39, 0.29) is 23.4 Å². The molecule has 4 rings (SSSR count). The Hall–Kier alpha value is -4.21. The van der Waals surface area contributed by atoms with E-state index in [9.17, 15) is 14.4 Å². The van der Waals surface area contributed by atoms with Crippen LogP contribution in [0.4, 0.5) is 11.5 Å². The second-order valence-corrected chi connectivity index (χ2v) is 9.23. The molecule has 1 saturated heterocycles. The zero-order valence-electron chi connectivity index (χ0n) is 20.5. The van der Waals surface area contributed by atoms with E-state index in [1.165, 1.54) is 19.3 Å². The number of aromatic nitrogens is 3. The first-order valence-electron chi connectivity index (χ1n) is 11.2. The van der Waals surface area contributed by atoms with Crippen LogP contribution in [0.25, 0.3) is 16.8 Å². The number of piperazine rings is 1. The molecule has 3 aromatic rings. The number of carbonyl (C=O) groups excluding carboxylic acids is 3. The Morgan fingerprint density at radius 2 is 1.91 bits per heavy atom. The summed E-state index contributed by atoms with van der Waals surface area (Å²) < 4.78 is 1.59. The van der Waals surface area contributed by atoms with Gasteiger partial charge in [-0.05, 0) is 32.0 Å². The van der Waals surface area contributed by atoms with E-state index < -0.39 is 5.54 Å². The molecule has 1 aliphatic heterocycles. The molecule has 1 aliphatic rings. The molecule has 182 valence electrons. The monoisotopic (exact) mass is 475 g/mol. The molecule has 1 aromatic carbocycles. The average Bonchev–Trinajstić information content (AvgIpc) is 3.20. The highest BCUT2D eigenvalue weighted by Crippen LogP contribution is 2.33. The number of ketones is 1. The van der Waals surface area contributed by atoms with Crippen molar-refractivity contribution in [3.8, 4) is 11.3 Å². The molecular formula is C25H29N7O3. The van der Waals surface area contributed by atoms with Gasteiger partial charge in [0.1, 0.15) is 17.4 Å². The van der Waals surface area contributed by atoms with Gasteiger partial charge >= 0.3 is 0 Å². The van der Waals surface area contributed by atoms with Crippen LogP contribution in [0.15, 0.2) is 48.9 Å². The fourth-order valence-electron chi connectivity index (χ4n) is 4.43. The lowest BCUT2D eigenvalue weighted by Crippen LogP contribution is -2.64. The number of fused-ring (bicyclic) bond motifs is 1. The lowest BCUT2D eigenvalue weighted by Gasteiger charge is -2.45. The minimum atomic E-state index is -0.956. The first-order valence-corrected chi connectivity index (χ1v) is 11.2. The van der Waals surface area contributed by atoms with Gasteiger partial charge in [0.15, 0.2) is 11.6 Å². The van der Waals surface area contributed by atoms with E-state index >= 15 is 0 Å². The Morgan fingerprint density at radius 1 is 1.17 bits per heavy atom. The molecule has 0 unspecified atom stereocenters. The summed E-state index contributed by atoms with van der Waals surface area (Å²) in [6.07, 6.45) is 4.48. The van der Waals surface area contributed by atoms with Gasteiger partial charge in [0.2, 0.25) is 5.91 Å². The molecule has 10 heteroatoms. The third-order valence-corrected chi connectivity index (χ3v) is 6.20. The minimum absolute atomic E-state index is 0.130. The summed E-state index contributed by atoms with van der Waals surface area (Å²) in [5.74, 6) is -0.319. The molecule has 2 N–H and O–H groups in total. The maximum atomic E-state index is 13.3. The third kappa shape index (κ3) is 4.23. The number of carbonyl (C=O) groups is 3. The van der Waals surface area contributed by atoms with Crippen molar-refractivity contribution in [2.24, 2.45) is 0 Å². The number of nitrogens with zero attached hydrogens (tertiary/aromatic N) is 6. The molecule has 0 spiro atoms. The molecular weight excluding hydrogens is 446 g/mol. The normalized spacial score (nSPS) is 15.7. The van der Waals surface area contributed by atoms with Gasteiger partial charge in [0, 0.05) is 57.6 Å². The molecule has 0 atom stereocenters. The summed E-state index contributed by atoms with van der Waals surface area (Å²) in [6, 6.07) is 9.20. The highest BCUT2D eigenvalue weighted by molar-refractivity contribution is 6.12. The number of hydrogen-bond donors (Lipinski definition) is 1. The van der Waals surface area contributed by atoms with Crippen molar-refractivity contribution in [3.63, 3.8) is 0 Å². The van der Waals surface area contributed by atoms with Crippen LogP contribution >= 0.6 is 0 Å². The third-order valence-electron chi connectivity index (χ3n) is 6.20. The molecule has 0 bridgehead atoms. The zero-order valence-corrected chi connectivity index (χ0v) is 20.5. The van der Waals surface area contributed by atoms with Gasteiger partial charge in [0.05, 0.1) is 11.3 Å². The molecule has 0 aliphatic carbocycles. The van der Waals surface area contributed by atoms with Crippen molar-refractivity contribution in [3.05, 3.63) is 54.5 Å². The topological polar surface area (TPSA) is 117 Å². The molecule has 2 amide bonds. The van der Waals surface area contributed by atoms with Crippen LogP contribution in [0.3, 0.4) is 0 Å². The number of anilines is 2. The maximum absolute atomic E-state index is 13.3. The number of rotatable bonds is 5. The second-order valence-electron chi connectivity index (χ2n) is 9.23. The Morgan fingerprint density at radius 3 is 2.60 bits per heavy atom. The highest BCUT2D eigenvalue weighted by Gasteiger charge is 2.43. The number of amides is 2. The smallest absolute Gasteiger partial charge is 0.252 e. The van der Waals surface area contributed by atoms with Crippen LogP contribution in [0.1, 0.15) is 31.1 Å². The van der Waals surface area contributed by atoms with Crippen LogP contribution < -0.4 is 10.6 Å². The van der Waals surface area contributed by atoms with Crippen LogP contribution in [-0.2, 0) is 9.59 Å². The standard InChI is InChI=1S/C25H29N7O3/c1-16(33)31-12-11-30(24(35)25(31,2)3)18-8-6-7-17(13-18)20-14-19(21(34)9-10-29(4)5)22-23(26)27-15-28-32(20)22/h6-10,13-15H,11-12H2,1-5H3,(H2,26,27,28)/b10-9+. The van der Waals surface area contributed by atoms with Gasteiger partial charge in [-0.1, -0.05) is 12.1 Å². The summed E-state index contributed by atoms with van der Waals surface area (Å²) in [5.41, 5.74) is 8.08. The lowest BCUT2D eigenvalue weighted by atomic mass is 9.96. The van der Waals surface area contributed by atoms with Crippen molar-refractivity contribution in [1.82, 2.24) is 24.4 Å². The first-order chi connectivity index (χ1) is 16.5. The number of nitrogen functional groups attached to an aromatic ring is 1. The van der Waals surface area contributed by atoms with Gasteiger partial charge < -0.3 is 20.4 Å². The van der Waals surface area contributed by atoms with Crippen molar-refractivity contribution in [2.75, 3.05) is 37.8 Å². The SMILES string of the molecule is CC(=O)N1CCN(c2cccc(-c3cc(C(=O)/C=C/N(C)C)c4c(N)ncnn34)c2)C(=O)C1(C)C. The number of benzene rings is 1. The molecule has 0 saturated carbocycles. The van der Waals surface area contributed by atoms with Gasteiger partial charge in [-0.15, -0.1) is 0 Å². The Kier molecular flexibility index (Phi) is 6.06. The van der Waals surface area contributed by atoms with Crippen LogP contribution in [0.2, 0.25) is 0 Å². The van der Waals surface area contributed by atoms with Gasteiger partial charge in [-0.2, -0.15) is 5.10 Å². The van der Waals surface area contributed by atoms with Gasteiger partial charge in [0.25, 0.3) is 5.91 Å². The predicted molar refractivity (Wildman–Crippen MR) is 134 cm³/mol. The maximum Gasteiger partial charge on any atom is 0.252 e. The van der Waals surface area contributed by atoms with Crippen molar-refractivity contribution < 1.29 is 14.4 Å². The molecule has 2 aromatic heterocycles. The van der Waals surface area contributed by atoms with Crippen LogP contribution in [-0.4, -0.2) is 74.7 Å². The Balaban J connectivity index is 1.78. The molecule has 3 heterocycles. The van der Waals surface area contributed by atoms with Crippen LogP contribution in [0, 0.1) is 0 Å². The molecule has 10 nitrogen and oxygen atoms in total. The largest absolute Gasteiger partial charge is 0.383 e. The lowest BCUT2D eigenvalue weighted by molar-refractivity contribution is -0.145. The zero-order chi connectivity index (χ0) is 25.5. The minimum Gasteiger partial charge on any atom is -0.383 e. The average molecular weight is 476 g/mol. The summed E-state index contributed by atoms with van der Waals surface area (Å²) >= 11 is 0. The van der Waals surface area contributed by atoms with E-state index in [2.05, 4.69) is 10.1 Å². The summed E-state index contributed by atoms with van der Waals surface area (Å²) in [4.78, 5) is 47.4. The van der Waals surface area contributed by atoms with E-state index in [0.29, 0.717) is 35.6 Å². The first kappa shape index (κ1) is 23.9. The molecule has 0 radical (unpaired) electrons. The Bertz CT molecular complexity index is 1360. The van der Waals surface area contributed by atoms with E-state index in [1.54, 1.807) is 45.3 Å². The molecule has 35 heavy (non-hydrogen) atoms. The van der Waals surface area contributed by atoms with Gasteiger partial charge in [-0.3, -0.25) is 14.4 Å². The van der Waals surface area contributed by atoms with E-state index in [4.69, 9.17) is 5.73 Å². The van der Waals surface area contributed by atoms with E-state index in [0.717, 1.165) is 5.56 Å². The predicted octanol–water partition coefficient (Wildman–Crippen LogP) is 2.21.